The largest absolute Gasteiger partial charge is 0.484 e. The van der Waals surface area contributed by atoms with Crippen LogP contribution in [0, 0.1) is 0 Å². The molecule has 1 heterocycles. The number of anilines is 2. The zero-order chi connectivity index (χ0) is 21.6. The van der Waals surface area contributed by atoms with Crippen LogP contribution in [0.5, 0.6) is 5.75 Å². The molecule has 0 atom stereocenters. The molecular formula is C25H22N2O4. The summed E-state index contributed by atoms with van der Waals surface area (Å²) in [6, 6.07) is 24.0. The fourth-order valence-electron chi connectivity index (χ4n) is 3.38. The van der Waals surface area contributed by atoms with Crippen LogP contribution in [0.4, 0.5) is 11.4 Å². The van der Waals surface area contributed by atoms with Crippen molar-refractivity contribution in [1.29, 1.82) is 0 Å². The molecule has 0 unspecified atom stereocenters. The highest BCUT2D eigenvalue weighted by Gasteiger charge is 2.17. The summed E-state index contributed by atoms with van der Waals surface area (Å²) in [5.74, 6) is 0.314. The molecule has 1 aromatic heterocycles. The minimum atomic E-state index is -0.331. The van der Waals surface area contributed by atoms with Crippen molar-refractivity contribution in [2.75, 3.05) is 23.4 Å². The summed E-state index contributed by atoms with van der Waals surface area (Å²) in [6.07, 6.45) is 1.45. The molecule has 0 radical (unpaired) electrons. The number of carbonyl (C=O) groups excluding carboxylic acids is 2. The third-order valence-electron chi connectivity index (χ3n) is 4.89. The van der Waals surface area contributed by atoms with Crippen LogP contribution in [-0.2, 0) is 4.79 Å². The van der Waals surface area contributed by atoms with Crippen molar-refractivity contribution in [3.8, 4) is 5.75 Å². The second kappa shape index (κ2) is 9.17. The van der Waals surface area contributed by atoms with E-state index < -0.39 is 0 Å². The van der Waals surface area contributed by atoms with Gasteiger partial charge in [-0.05, 0) is 54.8 Å². The van der Waals surface area contributed by atoms with E-state index in [9.17, 15) is 9.59 Å². The fraction of sp³-hybridized carbons (Fsp3) is 0.120. The van der Waals surface area contributed by atoms with Crippen LogP contribution in [0.2, 0.25) is 0 Å². The van der Waals surface area contributed by atoms with Crippen molar-refractivity contribution in [2.24, 2.45) is 0 Å². The van der Waals surface area contributed by atoms with E-state index in [4.69, 9.17) is 9.15 Å². The van der Waals surface area contributed by atoms with Gasteiger partial charge in [0.25, 0.3) is 11.8 Å². The van der Waals surface area contributed by atoms with Crippen LogP contribution in [0.15, 0.2) is 89.5 Å². The van der Waals surface area contributed by atoms with Gasteiger partial charge >= 0.3 is 0 Å². The Morgan fingerprint density at radius 3 is 2.45 bits per heavy atom. The highest BCUT2D eigenvalue weighted by atomic mass is 16.5. The predicted molar refractivity (Wildman–Crippen MR) is 121 cm³/mol. The molecule has 0 fully saturated rings. The van der Waals surface area contributed by atoms with E-state index in [1.165, 1.54) is 6.26 Å². The number of furan rings is 1. The Labute approximate surface area is 180 Å². The quantitative estimate of drug-likeness (QED) is 0.456. The van der Waals surface area contributed by atoms with Gasteiger partial charge in [0.1, 0.15) is 5.75 Å². The molecule has 4 aromatic rings. The Bertz CT molecular complexity index is 1180. The molecule has 0 saturated carbocycles. The molecule has 156 valence electrons. The monoisotopic (exact) mass is 414 g/mol. The van der Waals surface area contributed by atoms with Crippen LogP contribution >= 0.6 is 0 Å². The number of fused-ring (bicyclic) bond motifs is 1. The lowest BCUT2D eigenvalue weighted by molar-refractivity contribution is -0.120. The molecule has 1 N–H and O–H groups in total. The second-order valence-corrected chi connectivity index (χ2v) is 6.88. The number of nitrogens with zero attached hydrogens (tertiary/aromatic N) is 1. The Balaban J connectivity index is 1.40. The number of rotatable bonds is 7. The Morgan fingerprint density at radius 1 is 0.935 bits per heavy atom. The van der Waals surface area contributed by atoms with Crippen LogP contribution in [0.25, 0.3) is 10.8 Å². The summed E-state index contributed by atoms with van der Waals surface area (Å²) >= 11 is 0. The maximum absolute atomic E-state index is 12.9. The molecule has 0 aliphatic heterocycles. The summed E-state index contributed by atoms with van der Waals surface area (Å²) in [6.45, 7) is 2.39. The lowest BCUT2D eigenvalue weighted by Crippen LogP contribution is -2.34. The maximum atomic E-state index is 12.9. The zero-order valence-corrected chi connectivity index (χ0v) is 17.1. The highest BCUT2D eigenvalue weighted by molar-refractivity contribution is 6.04. The maximum Gasteiger partial charge on any atom is 0.291 e. The average molecular weight is 414 g/mol. The minimum Gasteiger partial charge on any atom is -0.484 e. The number of amides is 2. The summed E-state index contributed by atoms with van der Waals surface area (Å²) in [5, 5.41) is 4.85. The molecule has 0 aliphatic carbocycles. The molecule has 0 aliphatic rings. The van der Waals surface area contributed by atoms with E-state index in [1.807, 2.05) is 49.4 Å². The van der Waals surface area contributed by atoms with Gasteiger partial charge in [-0.15, -0.1) is 0 Å². The first kappa shape index (κ1) is 20.2. The highest BCUT2D eigenvalue weighted by Crippen LogP contribution is 2.27. The van der Waals surface area contributed by atoms with Crippen molar-refractivity contribution in [2.45, 2.75) is 6.92 Å². The number of hydrogen-bond acceptors (Lipinski definition) is 4. The van der Waals surface area contributed by atoms with E-state index in [2.05, 4.69) is 5.32 Å². The molecule has 31 heavy (non-hydrogen) atoms. The number of ether oxygens (including phenoxy) is 1. The molecule has 0 spiro atoms. The van der Waals surface area contributed by atoms with Crippen LogP contribution in [0.3, 0.4) is 0 Å². The second-order valence-electron chi connectivity index (χ2n) is 6.88. The van der Waals surface area contributed by atoms with Crippen molar-refractivity contribution in [1.82, 2.24) is 0 Å². The topological polar surface area (TPSA) is 71.8 Å². The van der Waals surface area contributed by atoms with Crippen LogP contribution in [-0.4, -0.2) is 25.0 Å². The van der Waals surface area contributed by atoms with Gasteiger partial charge in [0.15, 0.2) is 12.4 Å². The van der Waals surface area contributed by atoms with Crippen molar-refractivity contribution < 1.29 is 18.7 Å². The normalized spacial score (nSPS) is 10.6. The molecule has 0 saturated heterocycles. The first-order valence-electron chi connectivity index (χ1n) is 10.0. The predicted octanol–water partition coefficient (Wildman–Crippen LogP) is 5.12. The van der Waals surface area contributed by atoms with Crippen molar-refractivity contribution in [3.63, 3.8) is 0 Å². The Morgan fingerprint density at radius 2 is 1.71 bits per heavy atom. The van der Waals surface area contributed by atoms with E-state index in [0.29, 0.717) is 18.0 Å². The lowest BCUT2D eigenvalue weighted by Gasteiger charge is -2.23. The van der Waals surface area contributed by atoms with Gasteiger partial charge in [0.05, 0.1) is 12.0 Å². The molecule has 6 heteroatoms. The summed E-state index contributed by atoms with van der Waals surface area (Å²) in [7, 11) is 0. The molecule has 4 rings (SSSR count). The van der Waals surface area contributed by atoms with Gasteiger partial charge in [-0.3, -0.25) is 9.59 Å². The van der Waals surface area contributed by atoms with E-state index in [-0.39, 0.29) is 24.2 Å². The van der Waals surface area contributed by atoms with Crippen molar-refractivity contribution >= 4 is 34.0 Å². The first-order valence-corrected chi connectivity index (χ1v) is 10.0. The molecule has 2 amide bonds. The Kier molecular flexibility index (Phi) is 5.98. The number of carbonyl (C=O) groups is 2. The molecule has 0 bridgehead atoms. The number of benzene rings is 3. The third kappa shape index (κ3) is 4.59. The Hall–Kier alpha value is -4.06. The number of likely N-dealkylation sites (N-methyl/N-ethyl adjacent to an activating group) is 1. The van der Waals surface area contributed by atoms with Crippen LogP contribution in [0.1, 0.15) is 17.5 Å². The van der Waals surface area contributed by atoms with E-state index in [0.717, 1.165) is 16.5 Å². The van der Waals surface area contributed by atoms with Gasteiger partial charge < -0.3 is 19.4 Å². The lowest BCUT2D eigenvalue weighted by atomic mass is 10.1. The zero-order valence-electron chi connectivity index (χ0n) is 17.1. The average Bonchev–Trinajstić information content (AvgIpc) is 3.34. The summed E-state index contributed by atoms with van der Waals surface area (Å²) in [5.41, 5.74) is 1.47. The van der Waals surface area contributed by atoms with Crippen molar-refractivity contribution in [3.05, 3.63) is 90.9 Å². The van der Waals surface area contributed by atoms with E-state index >= 15 is 0 Å². The SMILES string of the molecule is CCN(C(=O)COc1ccc(NC(=O)c2ccco2)cc1)c1cccc2ccccc12. The fourth-order valence-corrected chi connectivity index (χ4v) is 3.38. The first-order chi connectivity index (χ1) is 15.2. The van der Waals surface area contributed by atoms with Crippen LogP contribution < -0.4 is 15.0 Å². The molecule has 6 nitrogen and oxygen atoms in total. The standard InChI is InChI=1S/C25H22N2O4/c1-2-27(22-10-5-8-18-7-3-4-9-21(18)22)24(28)17-31-20-14-12-19(13-15-20)26-25(29)23-11-6-16-30-23/h3-16H,2,17H2,1H3,(H,26,29). The van der Waals surface area contributed by atoms with Gasteiger partial charge in [0, 0.05) is 17.6 Å². The molecular weight excluding hydrogens is 392 g/mol. The van der Waals surface area contributed by atoms with Gasteiger partial charge in [-0.25, -0.2) is 0 Å². The minimum absolute atomic E-state index is 0.0881. The number of hydrogen-bond donors (Lipinski definition) is 1. The van der Waals surface area contributed by atoms with Gasteiger partial charge in [0.2, 0.25) is 0 Å². The van der Waals surface area contributed by atoms with Gasteiger partial charge in [-0.2, -0.15) is 0 Å². The summed E-state index contributed by atoms with van der Waals surface area (Å²) in [4.78, 5) is 26.6. The number of nitrogens with one attached hydrogen (secondary N) is 1. The smallest absolute Gasteiger partial charge is 0.291 e. The van der Waals surface area contributed by atoms with Gasteiger partial charge in [-0.1, -0.05) is 36.4 Å². The summed E-state index contributed by atoms with van der Waals surface area (Å²) < 4.78 is 10.8. The van der Waals surface area contributed by atoms with E-state index in [1.54, 1.807) is 41.3 Å². The third-order valence-corrected chi connectivity index (χ3v) is 4.89. The molecule has 3 aromatic carbocycles.